The van der Waals surface area contributed by atoms with Crippen LogP contribution >= 0.6 is 0 Å². The predicted octanol–water partition coefficient (Wildman–Crippen LogP) is 1.51. The number of rotatable bonds is 4. The van der Waals surface area contributed by atoms with Crippen LogP contribution in [0.1, 0.15) is 32.9 Å². The van der Waals surface area contributed by atoms with E-state index < -0.39 is 0 Å². The lowest BCUT2D eigenvalue weighted by molar-refractivity contribution is 0.0952. The highest BCUT2D eigenvalue weighted by Gasteiger charge is 2.18. The summed E-state index contributed by atoms with van der Waals surface area (Å²) in [5.41, 5.74) is 3.62. The molecule has 0 aromatic carbocycles. The first kappa shape index (κ1) is 16.7. The minimum atomic E-state index is -0.295. The third-order valence-electron chi connectivity index (χ3n) is 4.05. The number of amides is 1. The van der Waals surface area contributed by atoms with Crippen LogP contribution < -0.4 is 15.6 Å². The Hall–Kier alpha value is -3.16. The maximum atomic E-state index is 12.6. The van der Waals surface area contributed by atoms with Gasteiger partial charge in [-0.3, -0.25) is 9.59 Å². The molecule has 0 saturated carbocycles. The highest BCUT2D eigenvalue weighted by Crippen LogP contribution is 2.21. The summed E-state index contributed by atoms with van der Waals surface area (Å²) in [4.78, 5) is 38.7. The van der Waals surface area contributed by atoms with Crippen LogP contribution in [0.2, 0.25) is 0 Å². The average Bonchev–Trinajstić information content (AvgIpc) is 2.88. The number of aryl methyl sites for hydroxylation is 3. The van der Waals surface area contributed by atoms with Gasteiger partial charge in [-0.25, -0.2) is 4.98 Å². The van der Waals surface area contributed by atoms with Crippen LogP contribution in [-0.2, 0) is 6.54 Å². The molecule has 0 atom stereocenters. The van der Waals surface area contributed by atoms with Crippen molar-refractivity contribution >= 4 is 16.9 Å². The number of pyridine rings is 1. The van der Waals surface area contributed by atoms with Gasteiger partial charge in [-0.2, -0.15) is 4.98 Å². The van der Waals surface area contributed by atoms with E-state index in [1.54, 1.807) is 13.1 Å². The normalized spacial score (nSPS) is 10.9. The minimum absolute atomic E-state index is 0.142. The molecule has 3 heterocycles. The van der Waals surface area contributed by atoms with Crippen molar-refractivity contribution < 1.29 is 9.53 Å². The van der Waals surface area contributed by atoms with Crippen molar-refractivity contribution in [2.45, 2.75) is 27.3 Å². The summed E-state index contributed by atoms with van der Waals surface area (Å²) in [7, 11) is 1.48. The first-order valence-electron chi connectivity index (χ1n) is 7.77. The molecule has 1 amide bonds. The molecule has 0 unspecified atom stereocenters. The zero-order valence-corrected chi connectivity index (χ0v) is 14.5. The van der Waals surface area contributed by atoms with Gasteiger partial charge in [0, 0.05) is 29.7 Å². The summed E-state index contributed by atoms with van der Waals surface area (Å²) in [6.07, 6.45) is 1.55. The van der Waals surface area contributed by atoms with Gasteiger partial charge in [0.2, 0.25) is 0 Å². The third-order valence-corrected chi connectivity index (χ3v) is 4.05. The maximum Gasteiger partial charge on any atom is 0.318 e. The molecule has 0 radical (unpaired) electrons. The van der Waals surface area contributed by atoms with E-state index in [4.69, 9.17) is 4.74 Å². The van der Waals surface area contributed by atoms with Crippen molar-refractivity contribution in [3.63, 3.8) is 0 Å². The number of aromatic nitrogens is 4. The van der Waals surface area contributed by atoms with Crippen LogP contribution in [0.15, 0.2) is 17.1 Å². The van der Waals surface area contributed by atoms with Crippen LogP contribution in [0.25, 0.3) is 11.0 Å². The Labute approximate surface area is 143 Å². The van der Waals surface area contributed by atoms with E-state index in [0.29, 0.717) is 27.9 Å². The standard InChI is InChI=1S/C17H19N5O3/c1-8-5-9(2)20-15(23)11(8)6-18-16(24)13-10(3)21-14-12(13)7-19-17(22-14)25-4/h5,7H,6H2,1-4H3,(H,18,24)(H,20,23)(H,19,21,22). The van der Waals surface area contributed by atoms with Crippen molar-refractivity contribution in [3.05, 3.63) is 50.7 Å². The molecule has 3 aromatic heterocycles. The molecule has 0 aliphatic carbocycles. The number of aromatic amines is 2. The number of nitrogens with one attached hydrogen (secondary N) is 3. The molecule has 3 N–H and O–H groups in total. The quantitative estimate of drug-likeness (QED) is 0.666. The molecule has 0 spiro atoms. The van der Waals surface area contributed by atoms with E-state index in [-0.39, 0.29) is 24.0 Å². The second kappa shape index (κ2) is 6.39. The van der Waals surface area contributed by atoms with E-state index in [2.05, 4.69) is 25.3 Å². The topological polar surface area (TPSA) is 113 Å². The third kappa shape index (κ3) is 3.10. The molecule has 0 fully saturated rings. The predicted molar refractivity (Wildman–Crippen MR) is 92.9 cm³/mol. The van der Waals surface area contributed by atoms with Gasteiger partial charge in [0.1, 0.15) is 5.65 Å². The Kier molecular flexibility index (Phi) is 4.26. The zero-order chi connectivity index (χ0) is 18.1. The monoisotopic (exact) mass is 341 g/mol. The van der Waals surface area contributed by atoms with Crippen molar-refractivity contribution in [1.82, 2.24) is 25.3 Å². The number of carbonyl (C=O) groups is 1. The molecular weight excluding hydrogens is 322 g/mol. The van der Waals surface area contributed by atoms with Crippen molar-refractivity contribution in [2.24, 2.45) is 0 Å². The Morgan fingerprint density at radius 1 is 1.28 bits per heavy atom. The fourth-order valence-corrected chi connectivity index (χ4v) is 2.84. The van der Waals surface area contributed by atoms with Crippen LogP contribution in [0, 0.1) is 20.8 Å². The van der Waals surface area contributed by atoms with Gasteiger partial charge in [-0.05, 0) is 32.4 Å². The molecule has 8 nitrogen and oxygen atoms in total. The van der Waals surface area contributed by atoms with Gasteiger partial charge in [0.25, 0.3) is 11.5 Å². The Balaban J connectivity index is 1.88. The zero-order valence-electron chi connectivity index (χ0n) is 14.5. The SMILES string of the molecule is COc1ncc2c(C(=O)NCc3c(C)cc(C)[nH]c3=O)c(C)[nH]c2n1. The molecule has 0 saturated heterocycles. The number of nitrogens with zero attached hydrogens (tertiary/aromatic N) is 2. The van der Waals surface area contributed by atoms with Gasteiger partial charge >= 0.3 is 6.01 Å². The Morgan fingerprint density at radius 3 is 2.72 bits per heavy atom. The number of ether oxygens (including phenoxy) is 1. The first-order chi connectivity index (χ1) is 11.9. The van der Waals surface area contributed by atoms with Gasteiger partial charge < -0.3 is 20.0 Å². The number of hydrogen-bond acceptors (Lipinski definition) is 5. The van der Waals surface area contributed by atoms with E-state index in [0.717, 1.165) is 11.3 Å². The molecular formula is C17H19N5O3. The number of fused-ring (bicyclic) bond motifs is 1. The lowest BCUT2D eigenvalue weighted by atomic mass is 10.1. The highest BCUT2D eigenvalue weighted by atomic mass is 16.5. The molecule has 0 aliphatic heterocycles. The lowest BCUT2D eigenvalue weighted by Crippen LogP contribution is -2.28. The number of carbonyl (C=O) groups excluding carboxylic acids is 1. The van der Waals surface area contributed by atoms with Crippen LogP contribution in [0.5, 0.6) is 6.01 Å². The van der Waals surface area contributed by atoms with Gasteiger partial charge in [0.15, 0.2) is 0 Å². The maximum absolute atomic E-state index is 12.6. The van der Waals surface area contributed by atoms with E-state index in [9.17, 15) is 9.59 Å². The van der Waals surface area contributed by atoms with Gasteiger partial charge in [0.05, 0.1) is 18.1 Å². The van der Waals surface area contributed by atoms with Crippen LogP contribution in [0.4, 0.5) is 0 Å². The molecule has 3 aromatic rings. The summed E-state index contributed by atoms with van der Waals surface area (Å²) in [6.45, 7) is 5.59. The average molecular weight is 341 g/mol. The minimum Gasteiger partial charge on any atom is -0.467 e. The fourth-order valence-electron chi connectivity index (χ4n) is 2.84. The highest BCUT2D eigenvalue weighted by molar-refractivity contribution is 6.07. The van der Waals surface area contributed by atoms with Crippen molar-refractivity contribution in [1.29, 1.82) is 0 Å². The van der Waals surface area contributed by atoms with Gasteiger partial charge in [-0.1, -0.05) is 0 Å². The van der Waals surface area contributed by atoms with E-state index >= 15 is 0 Å². The summed E-state index contributed by atoms with van der Waals surface area (Å²) < 4.78 is 4.99. The first-order valence-corrected chi connectivity index (χ1v) is 7.77. The van der Waals surface area contributed by atoms with Crippen LogP contribution in [0.3, 0.4) is 0 Å². The van der Waals surface area contributed by atoms with Crippen LogP contribution in [-0.4, -0.2) is 33.0 Å². The molecule has 25 heavy (non-hydrogen) atoms. The van der Waals surface area contributed by atoms with Gasteiger partial charge in [-0.15, -0.1) is 0 Å². The summed E-state index contributed by atoms with van der Waals surface area (Å²) in [6, 6.07) is 2.10. The summed E-state index contributed by atoms with van der Waals surface area (Å²) in [5, 5.41) is 3.40. The van der Waals surface area contributed by atoms with Crippen molar-refractivity contribution in [3.8, 4) is 6.01 Å². The van der Waals surface area contributed by atoms with E-state index in [1.807, 2.05) is 19.9 Å². The van der Waals surface area contributed by atoms with Crippen molar-refractivity contribution in [2.75, 3.05) is 7.11 Å². The number of methoxy groups -OCH3 is 1. The molecule has 0 aliphatic rings. The Bertz CT molecular complexity index is 1020. The largest absolute Gasteiger partial charge is 0.467 e. The fraction of sp³-hybridized carbons (Fsp3) is 0.294. The molecule has 3 rings (SSSR count). The number of H-pyrrole nitrogens is 2. The molecule has 8 heteroatoms. The number of hydrogen-bond donors (Lipinski definition) is 3. The Morgan fingerprint density at radius 2 is 2.04 bits per heavy atom. The second-order valence-corrected chi connectivity index (χ2v) is 5.87. The van der Waals surface area contributed by atoms with E-state index in [1.165, 1.54) is 7.11 Å². The lowest BCUT2D eigenvalue weighted by Gasteiger charge is -2.08. The second-order valence-electron chi connectivity index (χ2n) is 5.87. The smallest absolute Gasteiger partial charge is 0.318 e. The molecule has 130 valence electrons. The summed E-state index contributed by atoms with van der Waals surface area (Å²) >= 11 is 0. The molecule has 0 bridgehead atoms. The summed E-state index contributed by atoms with van der Waals surface area (Å²) in [5.74, 6) is -0.295.